The molecule has 0 aromatic carbocycles. The fourth-order valence-electron chi connectivity index (χ4n) is 1.23. The maximum atomic E-state index is 8.49. The summed E-state index contributed by atoms with van der Waals surface area (Å²) in [6, 6.07) is 2.13. The largest absolute Gasteiger partial charge is 0.382 e. The van der Waals surface area contributed by atoms with Crippen LogP contribution in [0, 0.1) is 11.3 Å². The topological polar surface area (TPSA) is 78.8 Å². The number of nitrogen functional groups attached to an aromatic ring is 1. The predicted molar refractivity (Wildman–Crippen MR) is 57.6 cm³/mol. The highest BCUT2D eigenvalue weighted by Gasteiger charge is 2.04. The van der Waals surface area contributed by atoms with Gasteiger partial charge in [0.2, 0.25) is 0 Å². The second-order valence-corrected chi connectivity index (χ2v) is 3.21. The zero-order chi connectivity index (χ0) is 11.1. The molecule has 0 saturated carbocycles. The van der Waals surface area contributed by atoms with E-state index < -0.39 is 0 Å². The van der Waals surface area contributed by atoms with Crippen molar-refractivity contribution in [1.82, 2.24) is 14.9 Å². The van der Waals surface area contributed by atoms with Gasteiger partial charge < -0.3 is 5.73 Å². The van der Waals surface area contributed by atoms with E-state index in [4.69, 9.17) is 11.0 Å². The fourth-order valence-corrected chi connectivity index (χ4v) is 1.23. The zero-order valence-electron chi connectivity index (χ0n) is 8.85. The lowest BCUT2D eigenvalue weighted by atomic mass is 10.3. The highest BCUT2D eigenvalue weighted by Crippen LogP contribution is 2.02. The van der Waals surface area contributed by atoms with Gasteiger partial charge in [0.1, 0.15) is 5.82 Å². The lowest BCUT2D eigenvalue weighted by molar-refractivity contribution is 0.283. The Morgan fingerprint density at radius 1 is 1.47 bits per heavy atom. The fraction of sp³-hybridized carbons (Fsp3) is 0.500. The maximum Gasteiger partial charge on any atom is 0.141 e. The standard InChI is InChI=1S/C10H15N5/c1-2-15(5-3-4-11)8-9-6-14-10(12)7-13-9/h6-7H,2-3,5,8H2,1H3,(H2,12,14). The summed E-state index contributed by atoms with van der Waals surface area (Å²) < 4.78 is 0. The van der Waals surface area contributed by atoms with Crippen molar-refractivity contribution in [2.24, 2.45) is 0 Å². The molecule has 1 rings (SSSR count). The molecule has 0 bridgehead atoms. The molecule has 2 N–H and O–H groups in total. The monoisotopic (exact) mass is 205 g/mol. The number of anilines is 1. The van der Waals surface area contributed by atoms with E-state index >= 15 is 0 Å². The lowest BCUT2D eigenvalue weighted by Crippen LogP contribution is -2.24. The van der Waals surface area contributed by atoms with Gasteiger partial charge in [0.15, 0.2) is 0 Å². The Morgan fingerprint density at radius 3 is 2.80 bits per heavy atom. The van der Waals surface area contributed by atoms with Gasteiger partial charge in [0.25, 0.3) is 0 Å². The number of hydrogen-bond acceptors (Lipinski definition) is 5. The van der Waals surface area contributed by atoms with Crippen molar-refractivity contribution >= 4 is 5.82 Å². The summed E-state index contributed by atoms with van der Waals surface area (Å²) in [7, 11) is 0. The molecule has 0 aliphatic heterocycles. The molecular weight excluding hydrogens is 190 g/mol. The predicted octanol–water partition coefficient (Wildman–Crippen LogP) is 0.794. The summed E-state index contributed by atoms with van der Waals surface area (Å²) >= 11 is 0. The molecule has 1 aromatic heterocycles. The molecule has 15 heavy (non-hydrogen) atoms. The van der Waals surface area contributed by atoms with Crippen LogP contribution in [0.4, 0.5) is 5.82 Å². The number of nitriles is 1. The van der Waals surface area contributed by atoms with Gasteiger partial charge in [-0.1, -0.05) is 6.92 Å². The Morgan fingerprint density at radius 2 is 2.27 bits per heavy atom. The van der Waals surface area contributed by atoms with Gasteiger partial charge in [-0.25, -0.2) is 4.98 Å². The Kier molecular flexibility index (Phi) is 4.51. The third kappa shape index (κ3) is 3.92. The SMILES string of the molecule is CCN(CCC#N)Cc1cnc(N)cn1. The van der Waals surface area contributed by atoms with Crippen LogP contribution in [0.2, 0.25) is 0 Å². The second-order valence-electron chi connectivity index (χ2n) is 3.21. The van der Waals surface area contributed by atoms with E-state index in [1.165, 1.54) is 0 Å². The van der Waals surface area contributed by atoms with Gasteiger partial charge in [0.05, 0.1) is 24.2 Å². The highest BCUT2D eigenvalue weighted by molar-refractivity contribution is 5.22. The molecule has 5 heteroatoms. The van der Waals surface area contributed by atoms with Crippen LogP contribution in [-0.4, -0.2) is 28.0 Å². The highest BCUT2D eigenvalue weighted by atomic mass is 15.1. The smallest absolute Gasteiger partial charge is 0.141 e. The number of nitrogens with two attached hydrogens (primary N) is 1. The average Bonchev–Trinajstić information content (AvgIpc) is 2.27. The van der Waals surface area contributed by atoms with Crippen LogP contribution in [-0.2, 0) is 6.54 Å². The summed E-state index contributed by atoms with van der Waals surface area (Å²) in [6.45, 7) is 4.43. The van der Waals surface area contributed by atoms with Crippen molar-refractivity contribution in [2.75, 3.05) is 18.8 Å². The Bertz CT molecular complexity index is 327. The quantitative estimate of drug-likeness (QED) is 0.769. The van der Waals surface area contributed by atoms with Gasteiger partial charge >= 0.3 is 0 Å². The van der Waals surface area contributed by atoms with Crippen molar-refractivity contribution in [1.29, 1.82) is 5.26 Å². The first-order valence-corrected chi connectivity index (χ1v) is 4.92. The lowest BCUT2D eigenvalue weighted by Gasteiger charge is -2.17. The molecule has 80 valence electrons. The molecule has 0 radical (unpaired) electrons. The molecule has 0 fully saturated rings. The molecule has 0 saturated heterocycles. The van der Waals surface area contributed by atoms with Crippen molar-refractivity contribution in [3.8, 4) is 6.07 Å². The summed E-state index contributed by atoms with van der Waals surface area (Å²) in [5.41, 5.74) is 6.32. The van der Waals surface area contributed by atoms with Crippen LogP contribution in [0.3, 0.4) is 0 Å². The molecule has 1 heterocycles. The molecule has 1 aromatic rings. The summed E-state index contributed by atoms with van der Waals surface area (Å²) in [4.78, 5) is 10.3. The molecule has 0 unspecified atom stereocenters. The van der Waals surface area contributed by atoms with Crippen molar-refractivity contribution in [3.05, 3.63) is 18.1 Å². The minimum absolute atomic E-state index is 0.429. The molecule has 0 aliphatic rings. The van der Waals surface area contributed by atoms with Crippen molar-refractivity contribution in [3.63, 3.8) is 0 Å². The van der Waals surface area contributed by atoms with Crippen LogP contribution in [0.15, 0.2) is 12.4 Å². The van der Waals surface area contributed by atoms with E-state index in [-0.39, 0.29) is 0 Å². The van der Waals surface area contributed by atoms with Crippen LogP contribution in [0.5, 0.6) is 0 Å². The van der Waals surface area contributed by atoms with E-state index in [0.717, 1.165) is 18.8 Å². The number of aromatic nitrogens is 2. The molecule has 0 aliphatic carbocycles. The van der Waals surface area contributed by atoms with Gasteiger partial charge in [0, 0.05) is 19.5 Å². The van der Waals surface area contributed by atoms with Crippen LogP contribution in [0.1, 0.15) is 19.0 Å². The number of nitrogens with zero attached hydrogens (tertiary/aromatic N) is 4. The minimum Gasteiger partial charge on any atom is -0.382 e. The maximum absolute atomic E-state index is 8.49. The Labute approximate surface area is 89.6 Å². The number of hydrogen-bond donors (Lipinski definition) is 1. The summed E-state index contributed by atoms with van der Waals surface area (Å²) in [5.74, 6) is 0.429. The number of rotatable bonds is 5. The molecule has 5 nitrogen and oxygen atoms in total. The normalized spacial score (nSPS) is 10.2. The van der Waals surface area contributed by atoms with Crippen LogP contribution in [0.25, 0.3) is 0 Å². The second kappa shape index (κ2) is 5.94. The Balaban J connectivity index is 2.51. The molecule has 0 atom stereocenters. The van der Waals surface area contributed by atoms with E-state index in [1.54, 1.807) is 12.4 Å². The van der Waals surface area contributed by atoms with Gasteiger partial charge in [-0.3, -0.25) is 9.88 Å². The first-order valence-electron chi connectivity index (χ1n) is 4.92. The summed E-state index contributed by atoms with van der Waals surface area (Å²) in [5, 5.41) is 8.49. The van der Waals surface area contributed by atoms with Crippen molar-refractivity contribution in [2.45, 2.75) is 19.9 Å². The van der Waals surface area contributed by atoms with E-state index in [9.17, 15) is 0 Å². The van der Waals surface area contributed by atoms with Gasteiger partial charge in [-0.15, -0.1) is 0 Å². The molecular formula is C10H15N5. The van der Waals surface area contributed by atoms with E-state index in [1.807, 2.05) is 0 Å². The van der Waals surface area contributed by atoms with Crippen molar-refractivity contribution < 1.29 is 0 Å². The van der Waals surface area contributed by atoms with Gasteiger partial charge in [-0.2, -0.15) is 5.26 Å². The first-order chi connectivity index (χ1) is 7.26. The van der Waals surface area contributed by atoms with E-state index in [0.29, 0.717) is 18.8 Å². The van der Waals surface area contributed by atoms with Crippen LogP contribution < -0.4 is 5.73 Å². The third-order valence-electron chi connectivity index (χ3n) is 2.10. The molecule has 0 spiro atoms. The first kappa shape index (κ1) is 11.4. The summed E-state index contributed by atoms with van der Waals surface area (Å²) in [6.07, 6.45) is 3.76. The average molecular weight is 205 g/mol. The third-order valence-corrected chi connectivity index (χ3v) is 2.10. The Hall–Kier alpha value is -1.67. The van der Waals surface area contributed by atoms with Gasteiger partial charge in [-0.05, 0) is 6.54 Å². The minimum atomic E-state index is 0.429. The van der Waals surface area contributed by atoms with Crippen LogP contribution >= 0.6 is 0 Å². The van der Waals surface area contributed by atoms with E-state index in [2.05, 4.69) is 27.9 Å². The molecule has 0 amide bonds. The zero-order valence-corrected chi connectivity index (χ0v) is 8.85.